The smallest absolute Gasteiger partial charge is 0.0720 e. The van der Waals surface area contributed by atoms with E-state index in [1.165, 1.54) is 0 Å². The molecule has 0 aliphatic heterocycles. The maximum atomic E-state index is 11.8. The fourth-order valence-electron chi connectivity index (χ4n) is 0.936. The second kappa shape index (κ2) is 4.11. The van der Waals surface area contributed by atoms with Crippen LogP contribution in [0.3, 0.4) is 0 Å². The topological polar surface area (TPSA) is 29.4 Å². The van der Waals surface area contributed by atoms with E-state index in [4.69, 9.17) is 11.6 Å². The summed E-state index contributed by atoms with van der Waals surface area (Å²) in [6.07, 6.45) is 1.63. The molecule has 0 aliphatic rings. The lowest BCUT2D eigenvalue weighted by atomic mass is 10.2. The first-order chi connectivity index (χ1) is 6.10. The van der Waals surface area contributed by atoms with Crippen LogP contribution in [0.15, 0.2) is 33.5 Å². The summed E-state index contributed by atoms with van der Waals surface area (Å²) < 4.78 is 15.6. The number of hydrogen-bond acceptors (Lipinski definition) is 2. The van der Waals surface area contributed by atoms with E-state index >= 15 is 0 Å². The van der Waals surface area contributed by atoms with Gasteiger partial charge < -0.3 is 0 Å². The standard InChI is InChI=1S/C9H12ClNOS/c1-11-13(2,12)9-5-3-8(7-10)4-6-9/h3-6H,7H2,1-2H3. The Labute approximate surface area is 84.1 Å². The lowest BCUT2D eigenvalue weighted by Gasteiger charge is -2.03. The van der Waals surface area contributed by atoms with Gasteiger partial charge in [0, 0.05) is 24.1 Å². The third-order valence-corrected chi connectivity index (χ3v) is 4.02. The Morgan fingerprint density at radius 3 is 2.31 bits per heavy atom. The molecule has 0 saturated carbocycles. The second-order valence-corrected chi connectivity index (χ2v) is 5.47. The van der Waals surface area contributed by atoms with E-state index in [-0.39, 0.29) is 0 Å². The molecular weight excluding hydrogens is 206 g/mol. The summed E-state index contributed by atoms with van der Waals surface area (Å²) in [6, 6.07) is 7.37. The molecular formula is C9H12ClNOS. The van der Waals surface area contributed by atoms with Crippen molar-refractivity contribution in [2.24, 2.45) is 4.36 Å². The SMILES string of the molecule is CN=S(C)(=O)c1ccc(CCl)cc1. The van der Waals surface area contributed by atoms with Gasteiger partial charge in [-0.3, -0.25) is 0 Å². The first kappa shape index (κ1) is 10.5. The minimum Gasteiger partial charge on any atom is -0.245 e. The first-order valence-corrected chi connectivity index (χ1v) is 6.31. The van der Waals surface area contributed by atoms with Gasteiger partial charge in [0.2, 0.25) is 0 Å². The van der Waals surface area contributed by atoms with Gasteiger partial charge in [-0.05, 0) is 17.7 Å². The molecule has 1 rings (SSSR count). The molecule has 0 spiro atoms. The van der Waals surface area contributed by atoms with E-state index < -0.39 is 9.73 Å². The summed E-state index contributed by atoms with van der Waals surface area (Å²) in [5, 5.41) is 0. The molecule has 0 saturated heterocycles. The van der Waals surface area contributed by atoms with Crippen LogP contribution < -0.4 is 0 Å². The Hall–Kier alpha value is -0.540. The van der Waals surface area contributed by atoms with Crippen molar-refractivity contribution in [3.8, 4) is 0 Å². The van der Waals surface area contributed by atoms with Gasteiger partial charge >= 0.3 is 0 Å². The van der Waals surface area contributed by atoms with E-state index in [1.54, 1.807) is 13.3 Å². The van der Waals surface area contributed by atoms with Crippen LogP contribution in [0.5, 0.6) is 0 Å². The molecule has 0 fully saturated rings. The molecule has 72 valence electrons. The summed E-state index contributed by atoms with van der Waals surface area (Å²) >= 11 is 5.63. The number of benzene rings is 1. The van der Waals surface area contributed by atoms with Crippen LogP contribution in [0.25, 0.3) is 0 Å². The Morgan fingerprint density at radius 1 is 1.38 bits per heavy atom. The molecule has 4 heteroatoms. The van der Waals surface area contributed by atoms with Gasteiger partial charge in [-0.15, -0.1) is 11.6 Å². The van der Waals surface area contributed by atoms with Crippen LogP contribution in [0.2, 0.25) is 0 Å². The third-order valence-electron chi connectivity index (χ3n) is 1.86. The molecule has 0 aliphatic carbocycles. The summed E-state index contributed by atoms with van der Waals surface area (Å²) in [4.78, 5) is 0.754. The quantitative estimate of drug-likeness (QED) is 0.700. The van der Waals surface area contributed by atoms with E-state index in [0.29, 0.717) is 5.88 Å². The van der Waals surface area contributed by atoms with Crippen molar-refractivity contribution in [1.82, 2.24) is 0 Å². The van der Waals surface area contributed by atoms with Gasteiger partial charge in [-0.1, -0.05) is 12.1 Å². The zero-order valence-electron chi connectivity index (χ0n) is 7.66. The monoisotopic (exact) mass is 217 g/mol. The zero-order chi connectivity index (χ0) is 9.90. The van der Waals surface area contributed by atoms with Gasteiger partial charge in [0.15, 0.2) is 0 Å². The van der Waals surface area contributed by atoms with Crippen LogP contribution in [0.1, 0.15) is 5.56 Å². The molecule has 0 bridgehead atoms. The maximum Gasteiger partial charge on any atom is 0.0720 e. The van der Waals surface area contributed by atoms with Gasteiger partial charge in [0.1, 0.15) is 0 Å². The summed E-state index contributed by atoms with van der Waals surface area (Å²) in [5.74, 6) is 0.481. The molecule has 1 aromatic carbocycles. The Bertz CT molecular complexity index is 391. The number of hydrogen-bond donors (Lipinski definition) is 0. The van der Waals surface area contributed by atoms with Crippen molar-refractivity contribution in [1.29, 1.82) is 0 Å². The highest BCUT2D eigenvalue weighted by molar-refractivity contribution is 7.93. The summed E-state index contributed by atoms with van der Waals surface area (Å²) in [5.41, 5.74) is 1.02. The van der Waals surface area contributed by atoms with E-state index in [1.807, 2.05) is 24.3 Å². The molecule has 0 amide bonds. The molecule has 0 radical (unpaired) electrons. The molecule has 0 aromatic heterocycles. The highest BCUT2D eigenvalue weighted by Crippen LogP contribution is 2.13. The van der Waals surface area contributed by atoms with Crippen molar-refractivity contribution in [3.63, 3.8) is 0 Å². The lowest BCUT2D eigenvalue weighted by Crippen LogP contribution is -1.96. The molecule has 0 heterocycles. The molecule has 1 aromatic rings. The Morgan fingerprint density at radius 2 is 1.92 bits per heavy atom. The number of alkyl halides is 1. The predicted octanol–water partition coefficient (Wildman–Crippen LogP) is 2.51. The van der Waals surface area contributed by atoms with Crippen LogP contribution in [-0.2, 0) is 15.6 Å². The van der Waals surface area contributed by atoms with Gasteiger partial charge in [-0.25, -0.2) is 8.57 Å². The normalized spacial score (nSPS) is 15.0. The first-order valence-electron chi connectivity index (χ1n) is 3.85. The zero-order valence-corrected chi connectivity index (χ0v) is 9.23. The molecule has 1 unspecified atom stereocenters. The number of rotatable bonds is 2. The Balaban J connectivity index is 3.14. The van der Waals surface area contributed by atoms with Crippen molar-refractivity contribution in [2.45, 2.75) is 10.8 Å². The van der Waals surface area contributed by atoms with E-state index in [9.17, 15) is 4.21 Å². The van der Waals surface area contributed by atoms with Crippen molar-refractivity contribution in [3.05, 3.63) is 29.8 Å². The predicted molar refractivity (Wildman–Crippen MR) is 56.7 cm³/mol. The van der Waals surface area contributed by atoms with Gasteiger partial charge in [0.05, 0.1) is 9.73 Å². The molecule has 13 heavy (non-hydrogen) atoms. The molecule has 2 nitrogen and oxygen atoms in total. The highest BCUT2D eigenvalue weighted by atomic mass is 35.5. The van der Waals surface area contributed by atoms with E-state index in [0.717, 1.165) is 10.5 Å². The molecule has 0 N–H and O–H groups in total. The van der Waals surface area contributed by atoms with Crippen LogP contribution in [-0.4, -0.2) is 17.5 Å². The van der Waals surface area contributed by atoms with E-state index in [2.05, 4.69) is 4.36 Å². The Kier molecular flexibility index (Phi) is 3.33. The largest absolute Gasteiger partial charge is 0.245 e. The van der Waals surface area contributed by atoms with Crippen molar-refractivity contribution >= 4 is 21.3 Å². The summed E-state index contributed by atoms with van der Waals surface area (Å²) in [6.45, 7) is 0. The second-order valence-electron chi connectivity index (χ2n) is 2.76. The van der Waals surface area contributed by atoms with Gasteiger partial charge in [0.25, 0.3) is 0 Å². The molecule has 1 atom stereocenters. The van der Waals surface area contributed by atoms with Gasteiger partial charge in [-0.2, -0.15) is 0 Å². The lowest BCUT2D eigenvalue weighted by molar-refractivity contribution is 0.680. The van der Waals surface area contributed by atoms with Crippen LogP contribution >= 0.6 is 11.6 Å². The summed E-state index contributed by atoms with van der Waals surface area (Å²) in [7, 11) is -0.624. The maximum absolute atomic E-state index is 11.8. The van der Waals surface area contributed by atoms with Crippen LogP contribution in [0.4, 0.5) is 0 Å². The number of halogens is 1. The number of nitrogens with zero attached hydrogens (tertiary/aromatic N) is 1. The van der Waals surface area contributed by atoms with Crippen molar-refractivity contribution in [2.75, 3.05) is 13.3 Å². The minimum atomic E-state index is -2.19. The third kappa shape index (κ3) is 2.45. The minimum absolute atomic E-state index is 0.481. The fraction of sp³-hybridized carbons (Fsp3) is 0.333. The highest BCUT2D eigenvalue weighted by Gasteiger charge is 2.03. The average Bonchev–Trinajstić information content (AvgIpc) is 2.18. The average molecular weight is 218 g/mol. The fourth-order valence-corrected chi connectivity index (χ4v) is 1.97. The van der Waals surface area contributed by atoms with Crippen molar-refractivity contribution < 1.29 is 4.21 Å². The van der Waals surface area contributed by atoms with Crippen LogP contribution in [0, 0.1) is 0 Å².